The minimum absolute atomic E-state index is 0.0191. The van der Waals surface area contributed by atoms with Crippen LogP contribution in [0.3, 0.4) is 0 Å². The molecule has 0 unspecified atom stereocenters. The smallest absolute Gasteiger partial charge is 0.269 e. The van der Waals surface area contributed by atoms with Crippen molar-refractivity contribution in [1.29, 1.82) is 0 Å². The van der Waals surface area contributed by atoms with Crippen molar-refractivity contribution in [2.24, 2.45) is 12.2 Å². The van der Waals surface area contributed by atoms with Crippen LogP contribution in [0.5, 0.6) is 0 Å². The lowest BCUT2D eigenvalue weighted by Gasteiger charge is -2.06. The Morgan fingerprint density at radius 1 is 1.38 bits per heavy atom. The fraction of sp³-hybridized carbons (Fsp3) is 0.231. The van der Waals surface area contributed by atoms with Gasteiger partial charge in [-0.1, -0.05) is 12.1 Å². The summed E-state index contributed by atoms with van der Waals surface area (Å²) in [4.78, 5) is 12.0. The molecule has 1 aromatic heterocycles. The van der Waals surface area contributed by atoms with Crippen LogP contribution in [0, 0.1) is 6.92 Å². The van der Waals surface area contributed by atoms with E-state index in [1.807, 2.05) is 0 Å². The van der Waals surface area contributed by atoms with Gasteiger partial charge in [0.1, 0.15) is 5.69 Å². The zero-order valence-electron chi connectivity index (χ0n) is 11.7. The Kier molecular flexibility index (Phi) is 4.10. The molecular weight excluding hydrogens is 292 g/mol. The van der Waals surface area contributed by atoms with Gasteiger partial charge in [0.25, 0.3) is 5.91 Å². The summed E-state index contributed by atoms with van der Waals surface area (Å²) in [7, 11) is -2.06. The zero-order chi connectivity index (χ0) is 15.6. The fourth-order valence-corrected chi connectivity index (χ4v) is 2.51. The number of carbonyl (C=O) groups is 1. The summed E-state index contributed by atoms with van der Waals surface area (Å²) < 4.78 is 24.0. The monoisotopic (exact) mass is 308 g/mol. The van der Waals surface area contributed by atoms with Gasteiger partial charge in [-0.2, -0.15) is 5.10 Å². The van der Waals surface area contributed by atoms with Gasteiger partial charge in [0.15, 0.2) is 0 Å². The second kappa shape index (κ2) is 5.66. The first-order valence-electron chi connectivity index (χ1n) is 6.18. The number of nitrogens with zero attached hydrogens (tertiary/aromatic N) is 2. The SMILES string of the molecule is Cc1cc(C(=O)NCc2cccc(S(N)(=O)=O)c2)n(C)n1. The predicted molar refractivity (Wildman–Crippen MR) is 76.9 cm³/mol. The van der Waals surface area contributed by atoms with Crippen LogP contribution < -0.4 is 10.5 Å². The molecule has 8 heteroatoms. The van der Waals surface area contributed by atoms with Gasteiger partial charge in [-0.15, -0.1) is 0 Å². The number of primary sulfonamides is 1. The van der Waals surface area contributed by atoms with Gasteiger partial charge < -0.3 is 5.32 Å². The summed E-state index contributed by atoms with van der Waals surface area (Å²) in [5, 5.41) is 11.9. The summed E-state index contributed by atoms with van der Waals surface area (Å²) in [6, 6.07) is 7.81. The maximum Gasteiger partial charge on any atom is 0.269 e. The number of rotatable bonds is 4. The first-order valence-corrected chi connectivity index (χ1v) is 7.72. The van der Waals surface area contributed by atoms with E-state index in [-0.39, 0.29) is 17.3 Å². The number of aromatic nitrogens is 2. The molecule has 0 aliphatic heterocycles. The second-order valence-electron chi connectivity index (χ2n) is 4.67. The molecule has 0 radical (unpaired) electrons. The maximum atomic E-state index is 12.0. The third kappa shape index (κ3) is 3.67. The highest BCUT2D eigenvalue weighted by atomic mass is 32.2. The largest absolute Gasteiger partial charge is 0.347 e. The predicted octanol–water partition coefficient (Wildman–Crippen LogP) is 0.306. The molecule has 1 amide bonds. The minimum Gasteiger partial charge on any atom is -0.347 e. The lowest BCUT2D eigenvalue weighted by atomic mass is 10.2. The van der Waals surface area contributed by atoms with Crippen LogP contribution in [0.25, 0.3) is 0 Å². The van der Waals surface area contributed by atoms with Gasteiger partial charge in [0, 0.05) is 13.6 Å². The van der Waals surface area contributed by atoms with Crippen LogP contribution >= 0.6 is 0 Å². The standard InChI is InChI=1S/C13H16N4O3S/c1-9-6-12(17(2)16-9)13(18)15-8-10-4-3-5-11(7-10)21(14,19)20/h3-7H,8H2,1-2H3,(H,15,18)(H2,14,19,20). The lowest BCUT2D eigenvalue weighted by molar-refractivity contribution is 0.0941. The number of hydrogen-bond donors (Lipinski definition) is 2. The van der Waals surface area contributed by atoms with Crippen LogP contribution in [0.1, 0.15) is 21.7 Å². The number of amides is 1. The number of nitrogens with two attached hydrogens (primary N) is 1. The Labute approximate surface area is 122 Å². The molecule has 0 aliphatic carbocycles. The summed E-state index contributed by atoms with van der Waals surface area (Å²) in [5.74, 6) is -0.279. The van der Waals surface area contributed by atoms with E-state index in [2.05, 4.69) is 10.4 Å². The molecular formula is C13H16N4O3S. The van der Waals surface area contributed by atoms with Crippen LogP contribution in [0.2, 0.25) is 0 Å². The Hall–Kier alpha value is -2.19. The van der Waals surface area contributed by atoms with E-state index in [4.69, 9.17) is 5.14 Å². The van der Waals surface area contributed by atoms with Gasteiger partial charge in [-0.25, -0.2) is 13.6 Å². The molecule has 21 heavy (non-hydrogen) atoms. The zero-order valence-corrected chi connectivity index (χ0v) is 12.5. The van der Waals surface area contributed by atoms with Crippen molar-refractivity contribution in [3.8, 4) is 0 Å². The molecule has 7 nitrogen and oxygen atoms in total. The van der Waals surface area contributed by atoms with Crippen LogP contribution in [0.4, 0.5) is 0 Å². The van der Waals surface area contributed by atoms with Crippen molar-refractivity contribution in [3.05, 3.63) is 47.3 Å². The molecule has 2 aromatic rings. The van der Waals surface area contributed by atoms with E-state index in [1.54, 1.807) is 32.2 Å². The molecule has 0 saturated carbocycles. The Balaban J connectivity index is 2.10. The molecule has 3 N–H and O–H groups in total. The quantitative estimate of drug-likeness (QED) is 0.847. The van der Waals surface area contributed by atoms with E-state index in [9.17, 15) is 13.2 Å². The van der Waals surface area contributed by atoms with Gasteiger partial charge in [-0.3, -0.25) is 9.48 Å². The minimum atomic E-state index is -3.75. The topological polar surface area (TPSA) is 107 Å². The van der Waals surface area contributed by atoms with E-state index in [1.165, 1.54) is 16.8 Å². The summed E-state index contributed by atoms with van der Waals surface area (Å²) in [5.41, 5.74) is 1.84. The highest BCUT2D eigenvalue weighted by Gasteiger charge is 2.12. The molecule has 0 aliphatic rings. The van der Waals surface area contributed by atoms with Crippen molar-refractivity contribution in [3.63, 3.8) is 0 Å². The van der Waals surface area contributed by atoms with Crippen LogP contribution in [-0.4, -0.2) is 24.1 Å². The normalized spacial score (nSPS) is 11.4. The first kappa shape index (κ1) is 15.2. The molecule has 1 aromatic carbocycles. The molecule has 2 rings (SSSR count). The highest BCUT2D eigenvalue weighted by molar-refractivity contribution is 7.89. The molecule has 112 valence electrons. The van der Waals surface area contributed by atoms with Gasteiger partial charge in [0.05, 0.1) is 10.6 Å². The van der Waals surface area contributed by atoms with E-state index < -0.39 is 10.0 Å². The van der Waals surface area contributed by atoms with Crippen molar-refractivity contribution in [2.75, 3.05) is 0 Å². The highest BCUT2D eigenvalue weighted by Crippen LogP contribution is 2.10. The van der Waals surface area contributed by atoms with Crippen molar-refractivity contribution in [2.45, 2.75) is 18.4 Å². The van der Waals surface area contributed by atoms with E-state index in [0.717, 1.165) is 5.69 Å². The number of benzene rings is 1. The lowest BCUT2D eigenvalue weighted by Crippen LogP contribution is -2.25. The maximum absolute atomic E-state index is 12.0. The Bertz CT molecular complexity index is 780. The van der Waals surface area contributed by atoms with Crippen molar-refractivity contribution < 1.29 is 13.2 Å². The third-order valence-electron chi connectivity index (χ3n) is 2.91. The van der Waals surface area contributed by atoms with Crippen molar-refractivity contribution in [1.82, 2.24) is 15.1 Å². The molecule has 0 atom stereocenters. The third-order valence-corrected chi connectivity index (χ3v) is 3.83. The van der Waals surface area contributed by atoms with Gasteiger partial charge >= 0.3 is 0 Å². The number of hydrogen-bond acceptors (Lipinski definition) is 4. The van der Waals surface area contributed by atoms with E-state index in [0.29, 0.717) is 11.3 Å². The number of nitrogens with one attached hydrogen (secondary N) is 1. The summed E-state index contributed by atoms with van der Waals surface area (Å²) in [6.07, 6.45) is 0. The molecule has 0 fully saturated rings. The molecule has 0 bridgehead atoms. The van der Waals surface area contributed by atoms with Crippen LogP contribution in [0.15, 0.2) is 35.2 Å². The summed E-state index contributed by atoms with van der Waals surface area (Å²) in [6.45, 7) is 2.00. The number of carbonyl (C=O) groups excluding carboxylic acids is 1. The summed E-state index contributed by atoms with van der Waals surface area (Å²) >= 11 is 0. The number of sulfonamides is 1. The Morgan fingerprint density at radius 2 is 2.10 bits per heavy atom. The Morgan fingerprint density at radius 3 is 2.67 bits per heavy atom. The molecule has 0 spiro atoms. The fourth-order valence-electron chi connectivity index (χ4n) is 1.93. The van der Waals surface area contributed by atoms with E-state index >= 15 is 0 Å². The average molecular weight is 308 g/mol. The first-order chi connectivity index (χ1) is 9.77. The molecule has 0 saturated heterocycles. The van der Waals surface area contributed by atoms with Gasteiger partial charge in [-0.05, 0) is 30.7 Å². The number of aryl methyl sites for hydroxylation is 2. The van der Waals surface area contributed by atoms with Crippen LogP contribution in [-0.2, 0) is 23.6 Å². The second-order valence-corrected chi connectivity index (χ2v) is 6.23. The van der Waals surface area contributed by atoms with Gasteiger partial charge in [0.2, 0.25) is 10.0 Å². The van der Waals surface area contributed by atoms with Crippen molar-refractivity contribution >= 4 is 15.9 Å². The average Bonchev–Trinajstić information content (AvgIpc) is 2.74. The molecule has 1 heterocycles.